The molecule has 1 aliphatic heterocycles. The van der Waals surface area contributed by atoms with Crippen LogP contribution in [0.2, 0.25) is 0 Å². The molecule has 1 amide bonds. The molecule has 0 bridgehead atoms. The van der Waals surface area contributed by atoms with Gasteiger partial charge in [0.25, 0.3) is 0 Å². The van der Waals surface area contributed by atoms with E-state index in [4.69, 9.17) is 0 Å². The summed E-state index contributed by atoms with van der Waals surface area (Å²) >= 11 is 3.06. The smallest absolute Gasteiger partial charge is 0.223 e. The summed E-state index contributed by atoms with van der Waals surface area (Å²) < 4.78 is 0. The van der Waals surface area contributed by atoms with Crippen molar-refractivity contribution in [1.82, 2.24) is 5.32 Å². The summed E-state index contributed by atoms with van der Waals surface area (Å²) in [7, 11) is 0. The van der Waals surface area contributed by atoms with Crippen LogP contribution in [0.3, 0.4) is 0 Å². The Hall–Kier alpha value is -0.380. The Bertz CT molecular complexity index is 181. The molecule has 0 saturated carbocycles. The molecule has 1 rings (SSSR count). The fourth-order valence-corrected chi connectivity index (χ4v) is 1.40. The average Bonchev–Trinajstić information content (AvgIpc) is 2.37. The van der Waals surface area contributed by atoms with E-state index in [0.717, 1.165) is 13.0 Å². The first kappa shape index (κ1) is 8.71. The Morgan fingerprint density at radius 3 is 2.91 bits per heavy atom. The molecule has 0 aliphatic carbocycles. The maximum absolute atomic E-state index is 10.9. The van der Waals surface area contributed by atoms with E-state index in [2.05, 4.69) is 21.2 Å². The first-order valence-corrected chi connectivity index (χ1v) is 4.71. The zero-order valence-corrected chi connectivity index (χ0v) is 7.69. The van der Waals surface area contributed by atoms with Gasteiger partial charge in [0.2, 0.25) is 5.91 Å². The van der Waals surface area contributed by atoms with Gasteiger partial charge in [0.1, 0.15) is 5.78 Å². The van der Waals surface area contributed by atoms with Crippen LogP contribution < -0.4 is 5.32 Å². The summed E-state index contributed by atoms with van der Waals surface area (Å²) in [5.74, 6) is 0.0615. The first-order chi connectivity index (χ1) is 5.24. The highest BCUT2D eigenvalue weighted by molar-refractivity contribution is 9.09. The van der Waals surface area contributed by atoms with Crippen LogP contribution in [0.1, 0.15) is 12.8 Å². The number of alkyl halides is 1. The van der Waals surface area contributed by atoms with E-state index in [0.29, 0.717) is 11.8 Å². The molecule has 4 heteroatoms. The van der Waals surface area contributed by atoms with E-state index in [1.165, 1.54) is 0 Å². The summed E-state index contributed by atoms with van der Waals surface area (Å²) in [4.78, 5) is 21.8. The molecule has 0 aromatic rings. The fourth-order valence-electron chi connectivity index (χ4n) is 1.17. The third-order valence-electron chi connectivity index (χ3n) is 1.79. The highest BCUT2D eigenvalue weighted by Crippen LogP contribution is 2.14. The van der Waals surface area contributed by atoms with Gasteiger partial charge in [0.05, 0.1) is 5.33 Å². The van der Waals surface area contributed by atoms with Crippen LogP contribution in [0.4, 0.5) is 0 Å². The van der Waals surface area contributed by atoms with E-state index in [-0.39, 0.29) is 17.6 Å². The minimum Gasteiger partial charge on any atom is -0.356 e. The molecule has 11 heavy (non-hydrogen) atoms. The van der Waals surface area contributed by atoms with Crippen molar-refractivity contribution in [3.05, 3.63) is 0 Å². The number of nitrogens with one attached hydrogen (secondary N) is 1. The number of halogens is 1. The minimum absolute atomic E-state index is 0.0271. The highest BCUT2D eigenvalue weighted by Gasteiger charge is 2.25. The standard InChI is InChI=1S/C7H10BrNO2/c8-4-6(10)3-5-1-2-9-7(5)11/h5H,1-4H2,(H,9,11). The van der Waals surface area contributed by atoms with Crippen LogP contribution in [0, 0.1) is 5.92 Å². The zero-order chi connectivity index (χ0) is 8.27. The molecule has 3 nitrogen and oxygen atoms in total. The van der Waals surface area contributed by atoms with Gasteiger partial charge >= 0.3 is 0 Å². The van der Waals surface area contributed by atoms with E-state index in [1.807, 2.05) is 0 Å². The van der Waals surface area contributed by atoms with Crippen LogP contribution in [0.25, 0.3) is 0 Å². The van der Waals surface area contributed by atoms with Crippen LogP contribution in [-0.4, -0.2) is 23.6 Å². The van der Waals surface area contributed by atoms with E-state index < -0.39 is 0 Å². The molecule has 1 saturated heterocycles. The van der Waals surface area contributed by atoms with Crippen LogP contribution in [0.15, 0.2) is 0 Å². The van der Waals surface area contributed by atoms with Crippen molar-refractivity contribution in [1.29, 1.82) is 0 Å². The topological polar surface area (TPSA) is 46.2 Å². The van der Waals surface area contributed by atoms with E-state index in [1.54, 1.807) is 0 Å². The van der Waals surface area contributed by atoms with Crippen LogP contribution in [0.5, 0.6) is 0 Å². The normalized spacial score (nSPS) is 23.4. The number of carbonyl (C=O) groups excluding carboxylic acids is 2. The SMILES string of the molecule is O=C(CBr)CC1CCNC1=O. The lowest BCUT2D eigenvalue weighted by atomic mass is 10.0. The summed E-state index contributed by atoms with van der Waals surface area (Å²) in [6.07, 6.45) is 1.19. The summed E-state index contributed by atoms with van der Waals surface area (Å²) in [6, 6.07) is 0. The van der Waals surface area contributed by atoms with Gasteiger partial charge in [0.15, 0.2) is 0 Å². The van der Waals surface area contributed by atoms with Gasteiger partial charge in [-0.05, 0) is 6.42 Å². The van der Waals surface area contributed by atoms with Crippen molar-refractivity contribution in [2.24, 2.45) is 5.92 Å². The lowest BCUT2D eigenvalue weighted by molar-refractivity contribution is -0.126. The van der Waals surface area contributed by atoms with Gasteiger partial charge in [-0.2, -0.15) is 0 Å². The molecule has 0 aromatic carbocycles. The molecular weight excluding hydrogens is 210 g/mol. The second-order valence-electron chi connectivity index (χ2n) is 2.65. The number of Topliss-reactive ketones (excluding diaryl/α,β-unsaturated/α-hetero) is 1. The van der Waals surface area contributed by atoms with Crippen LogP contribution >= 0.6 is 15.9 Å². The summed E-state index contributed by atoms with van der Waals surface area (Å²) in [6.45, 7) is 0.721. The van der Waals surface area contributed by atoms with Gasteiger partial charge in [-0.3, -0.25) is 9.59 Å². The molecule has 1 fully saturated rings. The molecule has 1 aliphatic rings. The Balaban J connectivity index is 2.36. The Labute approximate surface area is 73.7 Å². The van der Waals surface area contributed by atoms with E-state index in [9.17, 15) is 9.59 Å². The summed E-state index contributed by atoms with van der Waals surface area (Å²) in [5, 5.41) is 3.05. The number of ketones is 1. The monoisotopic (exact) mass is 219 g/mol. The summed E-state index contributed by atoms with van der Waals surface area (Å²) in [5.41, 5.74) is 0. The second kappa shape index (κ2) is 3.85. The average molecular weight is 220 g/mol. The molecule has 0 aromatic heterocycles. The van der Waals surface area contributed by atoms with Gasteiger partial charge in [-0.25, -0.2) is 0 Å². The van der Waals surface area contributed by atoms with Crippen molar-refractivity contribution < 1.29 is 9.59 Å². The Morgan fingerprint density at radius 1 is 1.73 bits per heavy atom. The molecule has 1 atom stereocenters. The van der Waals surface area contributed by atoms with E-state index >= 15 is 0 Å². The second-order valence-corrected chi connectivity index (χ2v) is 3.21. The van der Waals surface area contributed by atoms with Crippen molar-refractivity contribution in [3.63, 3.8) is 0 Å². The predicted molar refractivity (Wildman–Crippen MR) is 44.5 cm³/mol. The third-order valence-corrected chi connectivity index (χ3v) is 2.41. The quantitative estimate of drug-likeness (QED) is 0.703. The van der Waals surface area contributed by atoms with Crippen molar-refractivity contribution in [2.75, 3.05) is 11.9 Å². The number of carbonyl (C=O) groups is 2. The molecule has 1 unspecified atom stereocenters. The molecule has 1 heterocycles. The van der Waals surface area contributed by atoms with Gasteiger partial charge in [-0.15, -0.1) is 0 Å². The Kier molecular flexibility index (Phi) is 3.05. The van der Waals surface area contributed by atoms with Crippen molar-refractivity contribution >= 4 is 27.6 Å². The van der Waals surface area contributed by atoms with Crippen molar-refractivity contribution in [3.8, 4) is 0 Å². The molecular formula is C7H10BrNO2. The number of hydrogen-bond acceptors (Lipinski definition) is 2. The first-order valence-electron chi connectivity index (χ1n) is 3.59. The maximum atomic E-state index is 10.9. The number of rotatable bonds is 3. The maximum Gasteiger partial charge on any atom is 0.223 e. The highest BCUT2D eigenvalue weighted by atomic mass is 79.9. The molecule has 0 radical (unpaired) electrons. The van der Waals surface area contributed by atoms with Crippen LogP contribution in [-0.2, 0) is 9.59 Å². The largest absolute Gasteiger partial charge is 0.356 e. The molecule has 62 valence electrons. The third kappa shape index (κ3) is 2.29. The lowest BCUT2D eigenvalue weighted by Gasteiger charge is -2.02. The lowest BCUT2D eigenvalue weighted by Crippen LogP contribution is -2.21. The van der Waals surface area contributed by atoms with Gasteiger partial charge in [0, 0.05) is 18.9 Å². The van der Waals surface area contributed by atoms with Crippen molar-refractivity contribution in [2.45, 2.75) is 12.8 Å². The number of amides is 1. The number of hydrogen-bond donors (Lipinski definition) is 1. The Morgan fingerprint density at radius 2 is 2.45 bits per heavy atom. The zero-order valence-electron chi connectivity index (χ0n) is 6.10. The van der Waals surface area contributed by atoms with Gasteiger partial charge < -0.3 is 5.32 Å². The fraction of sp³-hybridized carbons (Fsp3) is 0.714. The minimum atomic E-state index is -0.0694. The molecule has 1 N–H and O–H groups in total. The predicted octanol–water partition coefficient (Wildman–Crippen LogP) is 0.477. The molecule has 0 spiro atoms. The van der Waals surface area contributed by atoms with Gasteiger partial charge in [-0.1, -0.05) is 15.9 Å².